The van der Waals surface area contributed by atoms with Gasteiger partial charge in [-0.15, -0.1) is 16.4 Å². The summed E-state index contributed by atoms with van der Waals surface area (Å²) in [6.45, 7) is 1.07. The molecule has 0 saturated heterocycles. The summed E-state index contributed by atoms with van der Waals surface area (Å²) in [7, 11) is 3.55. The molecule has 1 saturated carbocycles. The molecule has 3 heterocycles. The summed E-state index contributed by atoms with van der Waals surface area (Å²) < 4.78 is 8.96. The largest absolute Gasteiger partial charge is 0.476 e. The Morgan fingerprint density at radius 1 is 1.38 bits per heavy atom. The zero-order chi connectivity index (χ0) is 18.1. The van der Waals surface area contributed by atoms with Crippen molar-refractivity contribution in [3.8, 4) is 5.88 Å². The van der Waals surface area contributed by atoms with Crippen LogP contribution in [0.1, 0.15) is 23.0 Å². The lowest BCUT2D eigenvalue weighted by Gasteiger charge is -2.10. The van der Waals surface area contributed by atoms with Gasteiger partial charge in [-0.3, -0.25) is 9.48 Å². The molecule has 4 rings (SSSR count). The van der Waals surface area contributed by atoms with E-state index in [-0.39, 0.29) is 5.56 Å². The fourth-order valence-corrected chi connectivity index (χ4v) is 3.46. The van der Waals surface area contributed by atoms with Crippen LogP contribution in [0.4, 0.5) is 5.69 Å². The molecule has 2 atom stereocenters. The van der Waals surface area contributed by atoms with Crippen molar-refractivity contribution in [2.45, 2.75) is 18.9 Å². The molecule has 0 radical (unpaired) electrons. The van der Waals surface area contributed by atoms with E-state index in [2.05, 4.69) is 26.6 Å². The van der Waals surface area contributed by atoms with E-state index in [0.29, 0.717) is 36.6 Å². The first-order valence-corrected chi connectivity index (χ1v) is 9.31. The number of hydrogen-bond acceptors (Lipinski definition) is 7. The molecule has 1 aliphatic rings. The standard InChI is InChI=1S/C17H20N6O2S/c1-22-5-3-13(20-22)12-7-11(12)10-25-15-8-14(17(24)23(2)21-15)19-9-16-18-4-6-26-16/h3-6,8,11-12,19H,7,9-10H2,1-2H3. The maximum atomic E-state index is 12.2. The summed E-state index contributed by atoms with van der Waals surface area (Å²) in [5, 5.41) is 14.6. The first kappa shape index (κ1) is 16.8. The van der Waals surface area contributed by atoms with Crippen LogP contribution < -0.4 is 15.6 Å². The van der Waals surface area contributed by atoms with Crippen molar-refractivity contribution >= 4 is 17.0 Å². The lowest BCUT2D eigenvalue weighted by Crippen LogP contribution is -2.24. The third-order valence-corrected chi connectivity index (χ3v) is 5.22. The normalized spacial score (nSPS) is 18.7. The Hall–Kier alpha value is -2.68. The van der Waals surface area contributed by atoms with Crippen LogP contribution in [0.15, 0.2) is 34.7 Å². The van der Waals surface area contributed by atoms with Crippen molar-refractivity contribution in [2.75, 3.05) is 11.9 Å². The number of anilines is 1. The number of hydrogen-bond donors (Lipinski definition) is 1. The van der Waals surface area contributed by atoms with Crippen molar-refractivity contribution in [3.63, 3.8) is 0 Å². The van der Waals surface area contributed by atoms with Crippen LogP contribution in [0.5, 0.6) is 5.88 Å². The van der Waals surface area contributed by atoms with Crippen molar-refractivity contribution in [1.82, 2.24) is 24.5 Å². The molecule has 0 spiro atoms. The van der Waals surface area contributed by atoms with E-state index in [0.717, 1.165) is 17.1 Å². The van der Waals surface area contributed by atoms with Crippen molar-refractivity contribution in [1.29, 1.82) is 0 Å². The van der Waals surface area contributed by atoms with Gasteiger partial charge in [-0.2, -0.15) is 5.10 Å². The molecule has 136 valence electrons. The third-order valence-electron chi connectivity index (χ3n) is 4.44. The zero-order valence-electron chi connectivity index (χ0n) is 14.6. The molecule has 2 unspecified atom stereocenters. The van der Waals surface area contributed by atoms with E-state index in [1.165, 1.54) is 4.68 Å². The van der Waals surface area contributed by atoms with Crippen LogP contribution in [0.25, 0.3) is 0 Å². The minimum Gasteiger partial charge on any atom is -0.476 e. The Morgan fingerprint density at radius 3 is 3.00 bits per heavy atom. The number of nitrogens with zero attached hydrogens (tertiary/aromatic N) is 5. The predicted molar refractivity (Wildman–Crippen MR) is 98.5 cm³/mol. The highest BCUT2D eigenvalue weighted by atomic mass is 32.1. The van der Waals surface area contributed by atoms with Gasteiger partial charge >= 0.3 is 0 Å². The maximum Gasteiger partial charge on any atom is 0.290 e. The summed E-state index contributed by atoms with van der Waals surface area (Å²) in [5.41, 5.74) is 1.39. The predicted octanol–water partition coefficient (Wildman–Crippen LogP) is 1.76. The van der Waals surface area contributed by atoms with Crippen LogP contribution >= 0.6 is 11.3 Å². The maximum absolute atomic E-state index is 12.2. The summed E-state index contributed by atoms with van der Waals surface area (Å²) in [5.74, 6) is 1.34. The number of rotatable bonds is 7. The molecule has 0 bridgehead atoms. The average Bonchev–Trinajstić information content (AvgIpc) is 3.00. The van der Waals surface area contributed by atoms with Gasteiger partial charge in [-0.1, -0.05) is 0 Å². The van der Waals surface area contributed by atoms with E-state index in [1.54, 1.807) is 30.6 Å². The number of aromatic nitrogens is 5. The highest BCUT2D eigenvalue weighted by Gasteiger charge is 2.40. The van der Waals surface area contributed by atoms with E-state index >= 15 is 0 Å². The number of ether oxygens (including phenoxy) is 1. The molecule has 9 heteroatoms. The molecule has 1 fully saturated rings. The molecule has 26 heavy (non-hydrogen) atoms. The van der Waals surface area contributed by atoms with E-state index < -0.39 is 0 Å². The second kappa shape index (κ2) is 6.91. The SMILES string of the molecule is Cn1ccc(C2CC2COc2cc(NCc3nccs3)c(=O)n(C)n2)n1. The third kappa shape index (κ3) is 3.62. The van der Waals surface area contributed by atoms with Gasteiger partial charge in [-0.05, 0) is 12.5 Å². The lowest BCUT2D eigenvalue weighted by molar-refractivity contribution is 0.278. The van der Waals surface area contributed by atoms with Gasteiger partial charge in [0.2, 0.25) is 5.88 Å². The van der Waals surface area contributed by atoms with Gasteiger partial charge in [0.05, 0.1) is 18.8 Å². The first-order chi connectivity index (χ1) is 12.6. The molecule has 0 amide bonds. The summed E-state index contributed by atoms with van der Waals surface area (Å²) in [6.07, 6.45) is 4.77. The van der Waals surface area contributed by atoms with E-state index in [9.17, 15) is 4.79 Å². The highest BCUT2D eigenvalue weighted by Crippen LogP contribution is 2.46. The molecular formula is C17H20N6O2S. The quantitative estimate of drug-likeness (QED) is 0.680. The smallest absolute Gasteiger partial charge is 0.290 e. The van der Waals surface area contributed by atoms with Crippen LogP contribution in [0.3, 0.4) is 0 Å². The lowest BCUT2D eigenvalue weighted by atomic mass is 10.2. The van der Waals surface area contributed by atoms with Crippen LogP contribution in [-0.4, -0.2) is 31.2 Å². The second-order valence-corrected chi connectivity index (χ2v) is 7.41. The van der Waals surface area contributed by atoms with Crippen LogP contribution in [0.2, 0.25) is 0 Å². The van der Waals surface area contributed by atoms with Gasteiger partial charge in [0.1, 0.15) is 10.7 Å². The van der Waals surface area contributed by atoms with Crippen molar-refractivity contribution in [2.24, 2.45) is 20.0 Å². The number of aryl methyl sites for hydroxylation is 2. The molecule has 8 nitrogen and oxygen atoms in total. The van der Waals surface area contributed by atoms with Crippen molar-refractivity contribution in [3.05, 3.63) is 51.0 Å². The van der Waals surface area contributed by atoms with Gasteiger partial charge in [-0.25, -0.2) is 9.67 Å². The average molecular weight is 372 g/mol. The molecule has 1 N–H and O–H groups in total. The molecule has 0 aromatic carbocycles. The summed E-state index contributed by atoms with van der Waals surface area (Å²) in [6, 6.07) is 3.71. The van der Waals surface area contributed by atoms with Crippen LogP contribution in [0, 0.1) is 5.92 Å². The molecule has 1 aliphatic carbocycles. The Balaban J connectivity index is 1.38. The summed E-state index contributed by atoms with van der Waals surface area (Å²) in [4.78, 5) is 16.4. The Kier molecular flexibility index (Phi) is 4.46. The zero-order valence-corrected chi connectivity index (χ0v) is 15.4. The Morgan fingerprint density at radius 2 is 2.27 bits per heavy atom. The minimum atomic E-state index is -0.188. The van der Waals surface area contributed by atoms with Gasteiger partial charge in [0.15, 0.2) is 0 Å². The van der Waals surface area contributed by atoms with Gasteiger partial charge < -0.3 is 10.1 Å². The van der Waals surface area contributed by atoms with E-state index in [1.807, 2.05) is 23.3 Å². The monoisotopic (exact) mass is 372 g/mol. The number of nitrogens with one attached hydrogen (secondary N) is 1. The van der Waals surface area contributed by atoms with E-state index in [4.69, 9.17) is 4.74 Å². The van der Waals surface area contributed by atoms with Crippen LogP contribution in [-0.2, 0) is 20.6 Å². The minimum absolute atomic E-state index is 0.188. The Labute approximate surface area is 154 Å². The number of thiazole rings is 1. The van der Waals surface area contributed by atoms with Gasteiger partial charge in [0.25, 0.3) is 5.56 Å². The topological polar surface area (TPSA) is 86.9 Å². The Bertz CT molecular complexity index is 949. The first-order valence-electron chi connectivity index (χ1n) is 8.43. The second-order valence-electron chi connectivity index (χ2n) is 6.43. The summed E-state index contributed by atoms with van der Waals surface area (Å²) >= 11 is 1.54. The molecular weight excluding hydrogens is 352 g/mol. The van der Waals surface area contributed by atoms with Crippen molar-refractivity contribution < 1.29 is 4.74 Å². The molecule has 3 aromatic rings. The molecule has 0 aliphatic heterocycles. The van der Waals surface area contributed by atoms with Gasteiger partial charge in [0, 0.05) is 49.8 Å². The fraction of sp³-hybridized carbons (Fsp3) is 0.412. The molecule has 3 aromatic heterocycles. The fourth-order valence-electron chi connectivity index (χ4n) is 2.91. The highest BCUT2D eigenvalue weighted by molar-refractivity contribution is 7.09.